The van der Waals surface area contributed by atoms with Crippen molar-refractivity contribution in [3.63, 3.8) is 0 Å². The van der Waals surface area contributed by atoms with Crippen LogP contribution in [0.25, 0.3) is 6.08 Å². The Morgan fingerprint density at radius 1 is 1.09 bits per heavy atom. The van der Waals surface area contributed by atoms with Crippen molar-refractivity contribution < 1.29 is 14.3 Å². The highest BCUT2D eigenvalue weighted by molar-refractivity contribution is 9.10. The molecule has 0 saturated carbocycles. The Bertz CT molecular complexity index is 1280. The van der Waals surface area contributed by atoms with Crippen LogP contribution in [-0.2, 0) is 11.4 Å². The number of benzene rings is 3. The highest BCUT2D eigenvalue weighted by atomic mass is 79.9. The number of ether oxygens (including phenoxy) is 2. The van der Waals surface area contributed by atoms with Gasteiger partial charge in [0, 0.05) is 20.1 Å². The van der Waals surface area contributed by atoms with Crippen LogP contribution in [0.1, 0.15) is 11.1 Å². The predicted molar refractivity (Wildman–Crippen MR) is 139 cm³/mol. The van der Waals surface area contributed by atoms with E-state index < -0.39 is 0 Å². The van der Waals surface area contributed by atoms with Gasteiger partial charge in [0.1, 0.15) is 6.61 Å². The van der Waals surface area contributed by atoms with Crippen LogP contribution in [0.4, 0.5) is 5.69 Å². The molecule has 33 heavy (non-hydrogen) atoms. The molecule has 4 rings (SSSR count). The van der Waals surface area contributed by atoms with Crippen molar-refractivity contribution in [2.75, 3.05) is 7.11 Å². The van der Waals surface area contributed by atoms with E-state index in [-0.39, 0.29) is 12.5 Å². The van der Waals surface area contributed by atoms with Crippen molar-refractivity contribution >= 4 is 73.7 Å². The zero-order valence-corrected chi connectivity index (χ0v) is 21.2. The number of methoxy groups -OCH3 is 1. The molecule has 0 bridgehead atoms. The SMILES string of the molecule is COc1cc(/C=C2\SC(=Nc3cccc(Br)c3)NC2=O)ccc1OCc1ccc(Cl)cc1Cl. The zero-order valence-electron chi connectivity index (χ0n) is 17.3. The molecule has 0 aliphatic carbocycles. The monoisotopic (exact) mass is 562 g/mol. The Hall–Kier alpha value is -2.45. The third-order valence-corrected chi connectivity index (χ3v) is 6.56. The van der Waals surface area contributed by atoms with Gasteiger partial charge in [0.15, 0.2) is 16.7 Å². The second-order valence-corrected chi connectivity index (χ2v) is 9.69. The van der Waals surface area contributed by atoms with E-state index in [9.17, 15) is 4.79 Å². The molecule has 1 amide bonds. The van der Waals surface area contributed by atoms with Crippen molar-refractivity contribution in [3.05, 3.63) is 91.2 Å². The first-order valence-corrected chi connectivity index (χ1v) is 12.1. The maximum absolute atomic E-state index is 12.4. The summed E-state index contributed by atoms with van der Waals surface area (Å²) >= 11 is 16.9. The number of hydrogen-bond donors (Lipinski definition) is 1. The summed E-state index contributed by atoms with van der Waals surface area (Å²) in [6.07, 6.45) is 1.78. The van der Waals surface area contributed by atoms with Gasteiger partial charge in [-0.2, -0.15) is 0 Å². The van der Waals surface area contributed by atoms with Crippen LogP contribution in [0.2, 0.25) is 10.0 Å². The normalized spacial score (nSPS) is 15.7. The van der Waals surface area contributed by atoms with Crippen LogP contribution in [-0.4, -0.2) is 18.2 Å². The molecule has 3 aromatic rings. The number of carbonyl (C=O) groups is 1. The van der Waals surface area contributed by atoms with Gasteiger partial charge in [-0.3, -0.25) is 4.79 Å². The number of rotatable bonds is 6. The van der Waals surface area contributed by atoms with Crippen LogP contribution in [0.5, 0.6) is 11.5 Å². The molecule has 0 radical (unpaired) electrons. The topological polar surface area (TPSA) is 59.9 Å². The van der Waals surface area contributed by atoms with E-state index in [0.717, 1.165) is 21.3 Å². The number of amides is 1. The van der Waals surface area contributed by atoms with Crippen LogP contribution in [0, 0.1) is 0 Å². The fraction of sp³-hybridized carbons (Fsp3) is 0.0833. The largest absolute Gasteiger partial charge is 0.493 e. The molecule has 1 heterocycles. The summed E-state index contributed by atoms with van der Waals surface area (Å²) in [5.74, 6) is 0.900. The average Bonchev–Trinajstić information content (AvgIpc) is 3.12. The summed E-state index contributed by atoms with van der Waals surface area (Å²) in [6.45, 7) is 0.264. The molecule has 1 N–H and O–H groups in total. The number of thioether (sulfide) groups is 1. The van der Waals surface area contributed by atoms with Gasteiger partial charge in [-0.1, -0.05) is 57.3 Å². The fourth-order valence-corrected chi connectivity index (χ4v) is 4.67. The summed E-state index contributed by atoms with van der Waals surface area (Å²) in [6, 6.07) is 18.3. The Morgan fingerprint density at radius 3 is 2.70 bits per heavy atom. The molecule has 5 nitrogen and oxygen atoms in total. The molecule has 168 valence electrons. The van der Waals surface area contributed by atoms with Crippen LogP contribution >= 0.6 is 50.9 Å². The van der Waals surface area contributed by atoms with Gasteiger partial charge in [-0.05, 0) is 65.9 Å². The molecule has 1 aliphatic heterocycles. The number of halogens is 3. The van der Waals surface area contributed by atoms with E-state index in [1.807, 2.05) is 42.5 Å². The second kappa shape index (κ2) is 10.7. The molecule has 0 atom stereocenters. The van der Waals surface area contributed by atoms with Crippen molar-refractivity contribution in [3.8, 4) is 11.5 Å². The standard InChI is InChI=1S/C24H17BrCl2N2O3S/c1-31-21-9-14(5-8-20(21)32-13-15-6-7-17(26)12-19(15)27)10-22-23(30)29-24(33-22)28-18-4-2-3-16(25)11-18/h2-12H,13H2,1H3,(H,28,29,30)/b22-10-. The van der Waals surface area contributed by atoms with E-state index in [1.165, 1.54) is 11.8 Å². The molecule has 1 aliphatic rings. The van der Waals surface area contributed by atoms with Crippen molar-refractivity contribution in [1.82, 2.24) is 5.32 Å². The van der Waals surface area contributed by atoms with E-state index in [0.29, 0.717) is 31.6 Å². The summed E-state index contributed by atoms with van der Waals surface area (Å²) in [4.78, 5) is 17.4. The average molecular weight is 564 g/mol. The number of nitrogens with zero attached hydrogens (tertiary/aromatic N) is 1. The van der Waals surface area contributed by atoms with Gasteiger partial charge in [0.25, 0.3) is 5.91 Å². The molecule has 0 unspecified atom stereocenters. The Kier molecular flexibility index (Phi) is 7.65. The van der Waals surface area contributed by atoms with Gasteiger partial charge in [0.2, 0.25) is 0 Å². The number of amidine groups is 1. The quantitative estimate of drug-likeness (QED) is 0.321. The maximum atomic E-state index is 12.4. The zero-order chi connectivity index (χ0) is 23.4. The summed E-state index contributed by atoms with van der Waals surface area (Å²) in [7, 11) is 1.56. The summed E-state index contributed by atoms with van der Waals surface area (Å²) < 4.78 is 12.3. The van der Waals surface area contributed by atoms with Gasteiger partial charge >= 0.3 is 0 Å². The fourth-order valence-electron chi connectivity index (χ4n) is 2.98. The smallest absolute Gasteiger partial charge is 0.264 e. The Morgan fingerprint density at radius 2 is 1.94 bits per heavy atom. The van der Waals surface area contributed by atoms with E-state index >= 15 is 0 Å². The number of aliphatic imine (C=N–C) groups is 1. The van der Waals surface area contributed by atoms with Crippen LogP contribution < -0.4 is 14.8 Å². The minimum absolute atomic E-state index is 0.203. The lowest BCUT2D eigenvalue weighted by Gasteiger charge is -2.12. The Labute approximate surface area is 213 Å². The van der Waals surface area contributed by atoms with E-state index in [4.69, 9.17) is 32.7 Å². The van der Waals surface area contributed by atoms with Gasteiger partial charge in [-0.25, -0.2) is 4.99 Å². The van der Waals surface area contributed by atoms with E-state index in [1.54, 1.807) is 31.4 Å². The second-order valence-electron chi connectivity index (χ2n) is 6.90. The molecule has 9 heteroatoms. The number of carbonyl (C=O) groups excluding carboxylic acids is 1. The third kappa shape index (κ3) is 6.12. The maximum Gasteiger partial charge on any atom is 0.264 e. The first-order valence-electron chi connectivity index (χ1n) is 9.71. The lowest BCUT2D eigenvalue weighted by Crippen LogP contribution is -2.19. The molecule has 0 aromatic heterocycles. The molecule has 0 spiro atoms. The van der Waals surface area contributed by atoms with Gasteiger partial charge in [0.05, 0.1) is 17.7 Å². The predicted octanol–water partition coefficient (Wildman–Crippen LogP) is 7.24. The minimum atomic E-state index is -0.203. The molecule has 3 aromatic carbocycles. The molecule has 1 fully saturated rings. The lowest BCUT2D eigenvalue weighted by molar-refractivity contribution is -0.115. The highest BCUT2D eigenvalue weighted by Crippen LogP contribution is 2.33. The third-order valence-electron chi connectivity index (χ3n) is 4.57. The van der Waals surface area contributed by atoms with Crippen molar-refractivity contribution in [2.45, 2.75) is 6.61 Å². The van der Waals surface area contributed by atoms with Crippen molar-refractivity contribution in [1.29, 1.82) is 0 Å². The first-order chi connectivity index (χ1) is 15.9. The summed E-state index contributed by atoms with van der Waals surface area (Å²) in [5, 5.41) is 4.42. The van der Waals surface area contributed by atoms with E-state index in [2.05, 4.69) is 26.2 Å². The van der Waals surface area contributed by atoms with Crippen molar-refractivity contribution in [2.24, 2.45) is 4.99 Å². The first kappa shape index (κ1) is 23.7. The lowest BCUT2D eigenvalue weighted by atomic mass is 10.2. The van der Waals surface area contributed by atoms with Crippen LogP contribution in [0.15, 0.2) is 75.0 Å². The Balaban J connectivity index is 1.49. The van der Waals surface area contributed by atoms with Gasteiger partial charge < -0.3 is 14.8 Å². The number of hydrogen-bond acceptors (Lipinski definition) is 5. The van der Waals surface area contributed by atoms with Gasteiger partial charge in [-0.15, -0.1) is 0 Å². The number of nitrogens with one attached hydrogen (secondary N) is 1. The van der Waals surface area contributed by atoms with Crippen LogP contribution in [0.3, 0.4) is 0 Å². The molecular formula is C24H17BrCl2N2O3S. The molecule has 1 saturated heterocycles. The molecular weight excluding hydrogens is 547 g/mol. The summed E-state index contributed by atoms with van der Waals surface area (Å²) in [5.41, 5.74) is 2.35. The minimum Gasteiger partial charge on any atom is -0.493 e. The highest BCUT2D eigenvalue weighted by Gasteiger charge is 2.24.